The molecule has 0 saturated heterocycles. The smallest absolute Gasteiger partial charge is 0.282 e. The Hall–Kier alpha value is -1.71. The lowest BCUT2D eigenvalue weighted by atomic mass is 10.1. The summed E-state index contributed by atoms with van der Waals surface area (Å²) >= 11 is 10.2. The molecule has 0 fully saturated rings. The Kier molecular flexibility index (Phi) is 6.80. The summed E-state index contributed by atoms with van der Waals surface area (Å²) in [6.07, 6.45) is 2.35. The van der Waals surface area contributed by atoms with Gasteiger partial charge in [-0.15, -0.1) is 0 Å². The molecule has 0 unspecified atom stereocenters. The molecule has 0 radical (unpaired) electrons. The van der Waals surface area contributed by atoms with Crippen LogP contribution in [0, 0.1) is 0 Å². The van der Waals surface area contributed by atoms with E-state index in [0.717, 1.165) is 10.9 Å². The van der Waals surface area contributed by atoms with Crippen molar-refractivity contribution in [2.75, 3.05) is 7.11 Å². The Morgan fingerprint density at radius 2 is 2.00 bits per heavy atom. The molecule has 0 spiro atoms. The fraction of sp³-hybridized carbons (Fsp3) is 0.250. The molecule has 3 rings (SSSR count). The molecule has 0 aliphatic rings. The molecule has 29 heavy (non-hydrogen) atoms. The number of nitrogens with zero attached hydrogens (tertiary/aromatic N) is 3. The van der Waals surface area contributed by atoms with Gasteiger partial charge in [-0.3, -0.25) is 4.79 Å². The van der Waals surface area contributed by atoms with E-state index in [2.05, 4.69) is 52.9 Å². The highest BCUT2D eigenvalue weighted by Crippen LogP contribution is 2.41. The quantitative estimate of drug-likeness (QED) is 0.383. The van der Waals surface area contributed by atoms with E-state index in [1.165, 1.54) is 18.0 Å². The van der Waals surface area contributed by atoms with Crippen molar-refractivity contribution in [2.24, 2.45) is 5.10 Å². The van der Waals surface area contributed by atoms with Gasteiger partial charge in [0, 0.05) is 20.4 Å². The lowest BCUT2D eigenvalue weighted by Crippen LogP contribution is -2.23. The molecule has 0 saturated carbocycles. The molecule has 0 amide bonds. The second kappa shape index (κ2) is 8.97. The third-order valence-corrected chi connectivity index (χ3v) is 7.24. The molecule has 0 aliphatic carbocycles. The fourth-order valence-corrected chi connectivity index (χ4v) is 3.95. The molecule has 1 aromatic heterocycles. The highest BCUT2D eigenvalue weighted by atomic mass is 79.9. The molecular weight excluding hydrogens is 570 g/mol. The third kappa shape index (κ3) is 4.27. The maximum atomic E-state index is 13.2. The van der Waals surface area contributed by atoms with Gasteiger partial charge in [0.25, 0.3) is 5.56 Å². The summed E-state index contributed by atoms with van der Waals surface area (Å²) in [4.78, 5) is 17.9. The molecule has 152 valence electrons. The van der Waals surface area contributed by atoms with Gasteiger partial charge in [0.15, 0.2) is 11.5 Å². The summed E-state index contributed by atoms with van der Waals surface area (Å²) in [5.41, 5.74) is 1.02. The number of halogens is 3. The maximum absolute atomic E-state index is 13.2. The third-order valence-electron chi connectivity index (χ3n) is 4.59. The minimum absolute atomic E-state index is 0.0220. The number of aromatic nitrogens is 2. The fourth-order valence-electron chi connectivity index (χ4n) is 2.76. The Morgan fingerprint density at radius 3 is 2.66 bits per heavy atom. The summed E-state index contributed by atoms with van der Waals surface area (Å²) in [5, 5.41) is 15.0. The molecule has 3 aromatic rings. The van der Waals surface area contributed by atoms with Crippen LogP contribution >= 0.6 is 47.8 Å². The van der Waals surface area contributed by atoms with E-state index in [9.17, 15) is 9.90 Å². The van der Waals surface area contributed by atoms with E-state index in [1.54, 1.807) is 12.1 Å². The number of phenolic OH excluding ortho intramolecular Hbond substituents is 1. The first-order valence-corrected chi connectivity index (χ1v) is 11.2. The van der Waals surface area contributed by atoms with E-state index in [1.807, 2.05) is 26.0 Å². The Balaban J connectivity index is 2.23. The van der Waals surface area contributed by atoms with Gasteiger partial charge in [-0.25, -0.2) is 4.98 Å². The molecule has 0 bridgehead atoms. The number of hydrogen-bond acceptors (Lipinski definition) is 5. The molecule has 6 nitrogen and oxygen atoms in total. The van der Waals surface area contributed by atoms with Crippen LogP contribution in [0.4, 0.5) is 0 Å². The van der Waals surface area contributed by atoms with Crippen LogP contribution in [0.25, 0.3) is 10.9 Å². The zero-order valence-electron chi connectivity index (χ0n) is 15.9. The van der Waals surface area contributed by atoms with Crippen molar-refractivity contribution in [2.45, 2.75) is 26.2 Å². The van der Waals surface area contributed by atoms with Gasteiger partial charge in [-0.1, -0.05) is 29.8 Å². The van der Waals surface area contributed by atoms with Gasteiger partial charge in [0.2, 0.25) is 0 Å². The van der Waals surface area contributed by atoms with Crippen LogP contribution in [0.2, 0.25) is 0 Å². The molecule has 0 aliphatic heterocycles. The molecule has 1 heterocycles. The first kappa shape index (κ1) is 22.0. The van der Waals surface area contributed by atoms with Crippen LogP contribution in [0.3, 0.4) is 0 Å². The number of fused-ring (bicyclic) bond motifs is 1. The average Bonchev–Trinajstić information content (AvgIpc) is 2.72. The van der Waals surface area contributed by atoms with Crippen LogP contribution in [0.15, 0.2) is 47.6 Å². The first-order valence-electron chi connectivity index (χ1n) is 8.80. The minimum Gasteiger partial charge on any atom is -0.503 e. The SMILES string of the molecule is CC[C@H](C)c1nc2ccc(Br)cc2c(=O)n1N=Cc1cc(OC)c(O)c(Br)c1Br. The van der Waals surface area contributed by atoms with Crippen molar-refractivity contribution < 1.29 is 9.84 Å². The lowest BCUT2D eigenvalue weighted by molar-refractivity contribution is 0.371. The number of ether oxygens (including phenoxy) is 1. The summed E-state index contributed by atoms with van der Waals surface area (Å²) in [7, 11) is 1.47. The van der Waals surface area contributed by atoms with Gasteiger partial charge in [0.05, 0.1) is 28.7 Å². The predicted octanol–water partition coefficient (Wildman–Crippen LogP) is 5.79. The zero-order valence-corrected chi connectivity index (χ0v) is 20.7. The summed E-state index contributed by atoms with van der Waals surface area (Å²) < 4.78 is 8.36. The lowest BCUT2D eigenvalue weighted by Gasteiger charge is -2.14. The van der Waals surface area contributed by atoms with Crippen molar-refractivity contribution in [3.63, 3.8) is 0 Å². The summed E-state index contributed by atoms with van der Waals surface area (Å²) in [5.74, 6) is 0.893. The second-order valence-corrected chi connectivity index (χ2v) is 8.95. The normalized spacial score (nSPS) is 12.6. The van der Waals surface area contributed by atoms with E-state index >= 15 is 0 Å². The number of rotatable bonds is 5. The highest BCUT2D eigenvalue weighted by Gasteiger charge is 2.17. The van der Waals surface area contributed by atoms with E-state index in [-0.39, 0.29) is 23.0 Å². The van der Waals surface area contributed by atoms with E-state index < -0.39 is 0 Å². The van der Waals surface area contributed by atoms with Crippen LogP contribution in [-0.4, -0.2) is 28.1 Å². The minimum atomic E-state index is -0.246. The summed E-state index contributed by atoms with van der Waals surface area (Å²) in [6, 6.07) is 7.05. The van der Waals surface area contributed by atoms with Crippen molar-refractivity contribution in [3.05, 3.63) is 59.4 Å². The van der Waals surface area contributed by atoms with Gasteiger partial charge in [-0.05, 0) is 62.5 Å². The average molecular weight is 588 g/mol. The Bertz CT molecular complexity index is 1180. The molecular formula is C20H18Br3N3O3. The number of methoxy groups -OCH3 is 1. The maximum Gasteiger partial charge on any atom is 0.282 e. The van der Waals surface area contributed by atoms with Crippen molar-refractivity contribution in [3.8, 4) is 11.5 Å². The van der Waals surface area contributed by atoms with Crippen LogP contribution in [-0.2, 0) is 0 Å². The summed E-state index contributed by atoms with van der Waals surface area (Å²) in [6.45, 7) is 4.05. The van der Waals surface area contributed by atoms with E-state index in [0.29, 0.717) is 31.2 Å². The molecule has 9 heteroatoms. The van der Waals surface area contributed by atoms with Gasteiger partial charge in [0.1, 0.15) is 5.82 Å². The predicted molar refractivity (Wildman–Crippen MR) is 125 cm³/mol. The number of aromatic hydroxyl groups is 1. The van der Waals surface area contributed by atoms with Crippen molar-refractivity contribution in [1.29, 1.82) is 0 Å². The monoisotopic (exact) mass is 585 g/mol. The molecule has 1 atom stereocenters. The van der Waals surface area contributed by atoms with Gasteiger partial charge < -0.3 is 9.84 Å². The highest BCUT2D eigenvalue weighted by molar-refractivity contribution is 9.13. The van der Waals surface area contributed by atoms with Crippen LogP contribution < -0.4 is 10.3 Å². The van der Waals surface area contributed by atoms with Gasteiger partial charge >= 0.3 is 0 Å². The Labute approximate surface area is 193 Å². The van der Waals surface area contributed by atoms with Crippen LogP contribution in [0.1, 0.15) is 37.6 Å². The zero-order chi connectivity index (χ0) is 21.3. The number of phenols is 1. The van der Waals surface area contributed by atoms with Crippen molar-refractivity contribution in [1.82, 2.24) is 9.66 Å². The topological polar surface area (TPSA) is 76.7 Å². The number of hydrogen-bond donors (Lipinski definition) is 1. The second-order valence-electron chi connectivity index (χ2n) is 6.45. The van der Waals surface area contributed by atoms with Gasteiger partial charge in [-0.2, -0.15) is 9.78 Å². The van der Waals surface area contributed by atoms with E-state index in [4.69, 9.17) is 9.72 Å². The largest absolute Gasteiger partial charge is 0.503 e. The van der Waals surface area contributed by atoms with Crippen molar-refractivity contribution >= 4 is 64.9 Å². The first-order chi connectivity index (χ1) is 13.8. The standard InChI is InChI=1S/C20H18Br3N3O3/c1-4-10(2)19-25-14-6-5-12(21)8-13(14)20(28)26(19)24-9-11-7-15(29-3)18(27)17(23)16(11)22/h5-10,27H,4H2,1-3H3/t10-/m0/s1. The Morgan fingerprint density at radius 1 is 1.28 bits per heavy atom. The van der Waals surface area contributed by atoms with Crippen LogP contribution in [0.5, 0.6) is 11.5 Å². The molecule has 2 aromatic carbocycles. The molecule has 1 N–H and O–H groups in total. The number of benzene rings is 2.